The van der Waals surface area contributed by atoms with E-state index in [9.17, 15) is 28.8 Å². The van der Waals surface area contributed by atoms with Crippen molar-refractivity contribution < 1.29 is 117 Å². The second-order valence-corrected chi connectivity index (χ2v) is 21.8. The highest BCUT2D eigenvalue weighted by molar-refractivity contribution is 5.95. The first-order chi connectivity index (χ1) is 41.5. The van der Waals surface area contributed by atoms with E-state index in [0.717, 1.165) is 66.9 Å². The van der Waals surface area contributed by atoms with Crippen molar-refractivity contribution in [1.29, 1.82) is 0 Å². The Morgan fingerprint density at radius 2 is 0.844 bits per heavy atom. The molecule has 0 fully saturated rings. The van der Waals surface area contributed by atoms with Gasteiger partial charge in [-0.3, -0.25) is 28.8 Å². The molecule has 0 saturated heterocycles. The molecule has 0 atom stereocenters. The van der Waals surface area contributed by atoms with Gasteiger partial charge in [0.1, 0.15) is 13.6 Å². The molecular formula is C74H98Br2ClIN6O6. The van der Waals surface area contributed by atoms with E-state index < -0.39 is 0 Å². The van der Waals surface area contributed by atoms with Crippen LogP contribution >= 0.6 is 0 Å². The number of aryl methyl sites for hydroxylation is 2. The summed E-state index contributed by atoms with van der Waals surface area (Å²) in [7, 11) is 1.90. The second kappa shape index (κ2) is 52.2. The Hall–Kier alpha value is -6.40. The average molecular weight is 1490 g/mol. The van der Waals surface area contributed by atoms with Crippen LogP contribution in [0, 0.1) is 0 Å². The number of rotatable bonds is 25. The van der Waals surface area contributed by atoms with Gasteiger partial charge < -0.3 is 80.1 Å². The minimum atomic E-state index is 0. The van der Waals surface area contributed by atoms with Gasteiger partial charge in [0.2, 0.25) is 6.54 Å². The van der Waals surface area contributed by atoms with Crippen molar-refractivity contribution in [2.75, 3.05) is 6.54 Å². The summed E-state index contributed by atoms with van der Waals surface area (Å²) in [5.41, 5.74) is 6.58. The molecule has 12 nitrogen and oxygen atoms in total. The van der Waals surface area contributed by atoms with E-state index in [0.29, 0.717) is 6.54 Å². The normalized spacial score (nSPS) is 11.3. The second-order valence-electron chi connectivity index (χ2n) is 21.8. The predicted molar refractivity (Wildman–Crippen MR) is 344 cm³/mol. The summed E-state index contributed by atoms with van der Waals surface area (Å²) in [4.78, 5) is 70.6. The minimum Gasteiger partial charge on any atom is -1.00 e. The van der Waals surface area contributed by atoms with Crippen LogP contribution in [-0.4, -0.2) is 51.0 Å². The number of ketones is 6. The van der Waals surface area contributed by atoms with Gasteiger partial charge >= 0.3 is 0 Å². The third-order valence-corrected chi connectivity index (χ3v) is 13.8. The van der Waals surface area contributed by atoms with E-state index in [1.165, 1.54) is 88.2 Å². The van der Waals surface area contributed by atoms with Gasteiger partial charge in [-0.15, -0.1) is 0 Å². The highest BCUT2D eigenvalue weighted by Crippen LogP contribution is 2.17. The van der Waals surface area contributed by atoms with Crippen molar-refractivity contribution in [3.05, 3.63) is 241 Å². The molecule has 0 bridgehead atoms. The van der Waals surface area contributed by atoms with E-state index in [1.807, 2.05) is 186 Å². The Kier molecular flexibility index (Phi) is 49.7. The summed E-state index contributed by atoms with van der Waals surface area (Å²) < 4.78 is 7.85. The third kappa shape index (κ3) is 39.7. The van der Waals surface area contributed by atoms with Gasteiger partial charge in [0.15, 0.2) is 90.8 Å². The Morgan fingerprint density at radius 1 is 0.433 bits per heavy atom. The molecule has 0 aliphatic carbocycles. The SMILES string of the molecule is CC(=O)C1=CN(Cc2ccccc2)C=CC1.CC(=O)C[n+]1ccccc1.CC(=O)c1ccc[n+](C)c1.CC(=O)c1ccc[n+](Cc2ccccc2)c1.CCCCCCCCN1C=CCC(C(C)=O)=C1.CCCCCCCC[n+]1cccc(C(C)=O)c1.[Br-].[Br-].[Cl-].[I-]. The van der Waals surface area contributed by atoms with Gasteiger partial charge in [0, 0.05) is 92.1 Å². The standard InChI is InChI=1S/C15H25NO.C15H24NO.C14H15NO.C14H14NO.2C8H10NO.2BrH.ClH.HI/c2*1-3-4-5-6-7-8-11-16-12-9-10-15(13-16)14(2)17;2*1-12(16)14-8-5-9-15(11-14)10-13-6-3-2-4-7-13;1-7(10)8-4-3-5-9(2)6-8;1-8(10)7-9-5-3-2-4-6-9;;;;/h9,12-13H,3-8,10-11H2,1-2H3;9-10,12-13H,3-8,11H2,1-2H3;2-7,9,11H,8,10H2,1H3;2-9,11H,10H2,1H3;3-6H,1-2H3;2-6H,7H2,1H3;4*1H/q;+1;;3*+1;;;;/p-4. The molecule has 0 N–H and O–H groups in total. The van der Waals surface area contributed by atoms with Gasteiger partial charge in [-0.25, -0.2) is 13.7 Å². The molecule has 6 aromatic rings. The highest BCUT2D eigenvalue weighted by atomic mass is 127. The molecule has 2 aliphatic rings. The Labute approximate surface area is 583 Å². The number of allylic oxidation sites excluding steroid dienone is 4. The number of carbonyl (C=O) groups excluding carboxylic acids is 6. The van der Waals surface area contributed by atoms with Crippen LogP contribution in [-0.2, 0) is 47.6 Å². The number of carbonyl (C=O) groups is 6. The molecule has 0 saturated carbocycles. The largest absolute Gasteiger partial charge is 1.00 e. The molecule has 0 spiro atoms. The molecule has 8 rings (SSSR count). The first-order valence-corrected chi connectivity index (χ1v) is 30.7. The maximum Gasteiger partial charge on any atom is 0.206 e. The van der Waals surface area contributed by atoms with Crippen molar-refractivity contribution in [3.8, 4) is 0 Å². The van der Waals surface area contributed by atoms with Crippen LogP contribution < -0.4 is 88.6 Å². The predicted octanol–water partition coefficient (Wildman–Crippen LogP) is 1.97. The minimum absolute atomic E-state index is 0. The van der Waals surface area contributed by atoms with E-state index in [4.69, 9.17) is 0 Å². The maximum absolute atomic E-state index is 11.3. The Morgan fingerprint density at radius 3 is 1.32 bits per heavy atom. The lowest BCUT2D eigenvalue weighted by Gasteiger charge is -2.20. The zero-order valence-corrected chi connectivity index (χ0v) is 60.7. The number of Topliss-reactive ketones (excluding diaryl/α,β-unsaturated/α-hetero) is 6. The summed E-state index contributed by atoms with van der Waals surface area (Å²) >= 11 is 0. The Bertz CT molecular complexity index is 3130. The smallest absolute Gasteiger partial charge is 0.206 e. The van der Waals surface area contributed by atoms with Crippen LogP contribution in [0.25, 0.3) is 0 Å². The summed E-state index contributed by atoms with van der Waals surface area (Å²) in [5, 5.41) is 0. The molecule has 0 radical (unpaired) electrons. The highest BCUT2D eigenvalue weighted by Gasteiger charge is 2.12. The van der Waals surface area contributed by atoms with Crippen LogP contribution in [0.4, 0.5) is 0 Å². The summed E-state index contributed by atoms with van der Waals surface area (Å²) in [6.07, 6.45) is 44.7. The molecular weight excluding hydrogens is 1390 g/mol. The Balaban J connectivity index is 0. The lowest BCUT2D eigenvalue weighted by atomic mass is 10.1. The third-order valence-electron chi connectivity index (χ3n) is 13.8. The van der Waals surface area contributed by atoms with Crippen LogP contribution in [0.15, 0.2) is 213 Å². The van der Waals surface area contributed by atoms with E-state index in [-0.39, 0.29) is 105 Å². The zero-order chi connectivity index (χ0) is 62.7. The van der Waals surface area contributed by atoms with Crippen LogP contribution in [0.5, 0.6) is 0 Å². The van der Waals surface area contributed by atoms with Crippen molar-refractivity contribution in [1.82, 2.24) is 9.80 Å². The zero-order valence-electron chi connectivity index (χ0n) is 54.6. The average Bonchev–Trinajstić information content (AvgIpc) is 3.70. The van der Waals surface area contributed by atoms with E-state index in [1.54, 1.807) is 41.5 Å². The molecule has 2 aliphatic heterocycles. The first-order valence-electron chi connectivity index (χ1n) is 30.7. The fourth-order valence-electron chi connectivity index (χ4n) is 8.96. The van der Waals surface area contributed by atoms with Gasteiger partial charge in [-0.1, -0.05) is 151 Å². The molecule has 0 unspecified atom stereocenters. The van der Waals surface area contributed by atoms with Crippen LogP contribution in [0.2, 0.25) is 0 Å². The number of nitrogens with zero attached hydrogens (tertiary/aromatic N) is 6. The fourth-order valence-corrected chi connectivity index (χ4v) is 8.96. The number of hydrogen-bond acceptors (Lipinski definition) is 8. The van der Waals surface area contributed by atoms with Crippen molar-refractivity contribution >= 4 is 34.7 Å². The van der Waals surface area contributed by atoms with Gasteiger partial charge in [0.05, 0.1) is 16.7 Å². The molecule has 488 valence electrons. The number of hydrogen-bond donors (Lipinski definition) is 0. The number of aromatic nitrogens is 4. The van der Waals surface area contributed by atoms with Gasteiger partial charge in [-0.05, 0) is 90.3 Å². The van der Waals surface area contributed by atoms with Gasteiger partial charge in [-0.2, -0.15) is 4.57 Å². The van der Waals surface area contributed by atoms with Crippen molar-refractivity contribution in [3.63, 3.8) is 0 Å². The fraction of sp³-hybridized carbons (Fsp3) is 0.378. The van der Waals surface area contributed by atoms with Crippen molar-refractivity contribution in [2.24, 2.45) is 7.05 Å². The number of unbranched alkanes of at least 4 members (excludes halogenated alkanes) is 10. The quantitative estimate of drug-likeness (QED) is 0.0370. The van der Waals surface area contributed by atoms with E-state index in [2.05, 4.69) is 64.8 Å². The lowest BCUT2D eigenvalue weighted by molar-refractivity contribution is -0.697. The van der Waals surface area contributed by atoms with E-state index >= 15 is 0 Å². The number of pyridine rings is 4. The molecule has 16 heteroatoms. The van der Waals surface area contributed by atoms with Crippen LogP contribution in [0.3, 0.4) is 0 Å². The monoisotopic (exact) mass is 1490 g/mol. The van der Waals surface area contributed by atoms with Crippen molar-refractivity contribution in [2.45, 2.75) is 171 Å². The molecule has 6 heterocycles. The molecule has 0 amide bonds. The van der Waals surface area contributed by atoms with Crippen LogP contribution in [0.1, 0.15) is 187 Å². The van der Waals surface area contributed by atoms with Gasteiger partial charge in [0.25, 0.3) is 0 Å². The molecule has 2 aromatic carbocycles. The summed E-state index contributed by atoms with van der Waals surface area (Å²) in [6.45, 7) is 18.2. The number of benzene rings is 2. The summed E-state index contributed by atoms with van der Waals surface area (Å²) in [6, 6.07) is 37.4. The maximum atomic E-state index is 11.3. The number of halogens is 4. The lowest BCUT2D eigenvalue weighted by Crippen LogP contribution is -3.00. The topological polar surface area (TPSA) is 124 Å². The first kappa shape index (κ1) is 85.7. The molecule has 4 aromatic heterocycles. The molecule has 90 heavy (non-hydrogen) atoms. The summed E-state index contributed by atoms with van der Waals surface area (Å²) in [5.74, 6) is 0.877.